The summed E-state index contributed by atoms with van der Waals surface area (Å²) in [5, 5.41) is 2.70. The van der Waals surface area contributed by atoms with E-state index in [9.17, 15) is 14.4 Å². The number of hydrogen-bond acceptors (Lipinski definition) is 4. The lowest BCUT2D eigenvalue weighted by Gasteiger charge is -2.30. The number of esters is 1. The third-order valence-corrected chi connectivity index (χ3v) is 4.44. The van der Waals surface area contributed by atoms with Crippen LogP contribution in [-0.4, -0.2) is 48.9 Å². The molecule has 170 valence electrons. The normalized spacial score (nSPS) is 12.8. The molecule has 0 aliphatic carbocycles. The van der Waals surface area contributed by atoms with Gasteiger partial charge in [-0.1, -0.05) is 61.5 Å². The predicted molar refractivity (Wildman–Crippen MR) is 119 cm³/mol. The van der Waals surface area contributed by atoms with Gasteiger partial charge in [-0.05, 0) is 32.1 Å². The van der Waals surface area contributed by atoms with Crippen LogP contribution in [0.3, 0.4) is 0 Å². The molecule has 0 bridgehead atoms. The van der Waals surface area contributed by atoms with Gasteiger partial charge in [0.25, 0.3) is 0 Å². The number of nitrogens with one attached hydrogen (secondary N) is 1. The van der Waals surface area contributed by atoms with Crippen molar-refractivity contribution in [2.75, 3.05) is 20.2 Å². The molecule has 0 aromatic heterocycles. The molecular formula is C23H44N2O4. The van der Waals surface area contributed by atoms with E-state index in [1.54, 1.807) is 31.9 Å². The predicted octanol–water partition coefficient (Wildman–Crippen LogP) is 4.19. The summed E-state index contributed by atoms with van der Waals surface area (Å²) in [7, 11) is 1.68. The van der Waals surface area contributed by atoms with E-state index in [-0.39, 0.29) is 36.3 Å². The summed E-state index contributed by atoms with van der Waals surface area (Å²) in [6.07, 6.45) is 2.44. The zero-order valence-electron chi connectivity index (χ0n) is 20.5. The Kier molecular flexibility index (Phi) is 14.4. The quantitative estimate of drug-likeness (QED) is 0.455. The van der Waals surface area contributed by atoms with Crippen molar-refractivity contribution in [1.82, 2.24) is 10.2 Å². The van der Waals surface area contributed by atoms with Gasteiger partial charge in [-0.2, -0.15) is 0 Å². The van der Waals surface area contributed by atoms with E-state index in [4.69, 9.17) is 4.74 Å². The van der Waals surface area contributed by atoms with Crippen molar-refractivity contribution in [3.05, 3.63) is 11.6 Å². The summed E-state index contributed by atoms with van der Waals surface area (Å²) in [4.78, 5) is 37.9. The first-order valence-electron chi connectivity index (χ1n) is 10.6. The number of amides is 2. The van der Waals surface area contributed by atoms with Crippen molar-refractivity contribution in [3.8, 4) is 0 Å². The lowest BCUT2D eigenvalue weighted by molar-refractivity contribution is -0.138. The van der Waals surface area contributed by atoms with Crippen LogP contribution in [0.1, 0.15) is 75.7 Å². The average Bonchev–Trinajstić information content (AvgIpc) is 2.62. The van der Waals surface area contributed by atoms with E-state index in [1.807, 2.05) is 34.6 Å². The van der Waals surface area contributed by atoms with Crippen LogP contribution < -0.4 is 5.32 Å². The van der Waals surface area contributed by atoms with Gasteiger partial charge in [-0.3, -0.25) is 9.59 Å². The van der Waals surface area contributed by atoms with Crippen LogP contribution >= 0.6 is 0 Å². The lowest BCUT2D eigenvalue weighted by atomic mass is 9.89. The third kappa shape index (κ3) is 12.3. The Morgan fingerprint density at radius 3 is 1.93 bits per heavy atom. The first kappa shape index (κ1) is 29.4. The molecule has 0 rings (SSSR count). The summed E-state index contributed by atoms with van der Waals surface area (Å²) in [6.45, 7) is 19.8. The molecule has 1 atom stereocenters. The fraction of sp³-hybridized carbons (Fsp3) is 0.783. The standard InChI is InChI=1S/C19H34N2O4.C4H10/c1-9-19(6,7)18(24)20-12-16(22)21(8)15(13(3)4)11-14(5)17(23)25-10-2;1-4(2)3/h11,13,15H,9-10,12H2,1-8H3,(H,20,24);4H,1-3H3/b14-11+;/t15-;/m1./s1. The van der Waals surface area contributed by atoms with Crippen molar-refractivity contribution in [3.63, 3.8) is 0 Å². The highest BCUT2D eigenvalue weighted by Crippen LogP contribution is 2.19. The minimum absolute atomic E-state index is 0.0612. The van der Waals surface area contributed by atoms with E-state index in [0.717, 1.165) is 5.92 Å². The second-order valence-electron chi connectivity index (χ2n) is 8.96. The molecule has 2 amide bonds. The number of nitrogens with zero attached hydrogens (tertiary/aromatic N) is 1. The van der Waals surface area contributed by atoms with E-state index in [2.05, 4.69) is 26.1 Å². The van der Waals surface area contributed by atoms with Gasteiger partial charge in [-0.15, -0.1) is 0 Å². The molecule has 1 N–H and O–H groups in total. The summed E-state index contributed by atoms with van der Waals surface area (Å²) >= 11 is 0. The van der Waals surface area contributed by atoms with Crippen molar-refractivity contribution in [2.24, 2.45) is 17.3 Å². The maximum atomic E-state index is 12.5. The monoisotopic (exact) mass is 412 g/mol. The fourth-order valence-corrected chi connectivity index (χ4v) is 2.17. The van der Waals surface area contributed by atoms with Gasteiger partial charge in [0.15, 0.2) is 0 Å². The summed E-state index contributed by atoms with van der Waals surface area (Å²) < 4.78 is 4.99. The summed E-state index contributed by atoms with van der Waals surface area (Å²) in [6, 6.07) is -0.256. The number of carbonyl (C=O) groups is 3. The van der Waals surface area contributed by atoms with Gasteiger partial charge in [0, 0.05) is 18.0 Å². The van der Waals surface area contributed by atoms with Crippen LogP contribution in [0.5, 0.6) is 0 Å². The zero-order chi connectivity index (χ0) is 23.4. The minimum atomic E-state index is -0.503. The molecule has 0 heterocycles. The Balaban J connectivity index is 0. The Bertz CT molecular complexity index is 548. The van der Waals surface area contributed by atoms with Gasteiger partial charge in [0.05, 0.1) is 19.2 Å². The first-order chi connectivity index (χ1) is 13.2. The Morgan fingerprint density at radius 1 is 1.07 bits per heavy atom. The molecule has 0 aliphatic rings. The van der Waals surface area contributed by atoms with Crippen molar-refractivity contribution >= 4 is 17.8 Å². The summed E-state index contributed by atoms with van der Waals surface area (Å²) in [5.74, 6) is 0.219. The second-order valence-corrected chi connectivity index (χ2v) is 8.96. The van der Waals surface area contributed by atoms with Crippen LogP contribution in [0.2, 0.25) is 0 Å². The molecule has 0 aromatic rings. The molecule has 0 unspecified atom stereocenters. The van der Waals surface area contributed by atoms with Gasteiger partial charge >= 0.3 is 5.97 Å². The lowest BCUT2D eigenvalue weighted by Crippen LogP contribution is -2.47. The smallest absolute Gasteiger partial charge is 0.333 e. The van der Waals surface area contributed by atoms with Gasteiger partial charge in [0.1, 0.15) is 0 Å². The number of carbonyl (C=O) groups excluding carboxylic acids is 3. The van der Waals surface area contributed by atoms with E-state index in [0.29, 0.717) is 18.6 Å². The molecule has 6 heteroatoms. The molecule has 0 fully saturated rings. The Labute approximate surface area is 178 Å². The van der Waals surface area contributed by atoms with Crippen molar-refractivity contribution in [1.29, 1.82) is 0 Å². The Morgan fingerprint density at radius 2 is 1.55 bits per heavy atom. The van der Waals surface area contributed by atoms with E-state index >= 15 is 0 Å². The van der Waals surface area contributed by atoms with Crippen LogP contribution in [0.25, 0.3) is 0 Å². The van der Waals surface area contributed by atoms with Crippen molar-refractivity contribution in [2.45, 2.75) is 81.7 Å². The average molecular weight is 413 g/mol. The molecule has 0 saturated heterocycles. The van der Waals surface area contributed by atoms with Crippen LogP contribution in [-0.2, 0) is 19.1 Å². The summed E-state index contributed by atoms with van der Waals surface area (Å²) in [5.41, 5.74) is -0.0344. The van der Waals surface area contributed by atoms with E-state index in [1.165, 1.54) is 0 Å². The molecule has 0 spiro atoms. The highest BCUT2D eigenvalue weighted by molar-refractivity contribution is 5.89. The fourth-order valence-electron chi connectivity index (χ4n) is 2.17. The van der Waals surface area contributed by atoms with Crippen LogP contribution in [0, 0.1) is 17.3 Å². The maximum Gasteiger partial charge on any atom is 0.333 e. The Hall–Kier alpha value is -1.85. The van der Waals surface area contributed by atoms with E-state index < -0.39 is 5.41 Å². The number of hydrogen-bond donors (Lipinski definition) is 1. The van der Waals surface area contributed by atoms with Crippen molar-refractivity contribution < 1.29 is 19.1 Å². The topological polar surface area (TPSA) is 75.7 Å². The van der Waals surface area contributed by atoms with Gasteiger partial charge in [-0.25, -0.2) is 4.79 Å². The number of likely N-dealkylation sites (N-methyl/N-ethyl adjacent to an activating group) is 1. The highest BCUT2D eigenvalue weighted by Gasteiger charge is 2.27. The minimum Gasteiger partial charge on any atom is -0.463 e. The first-order valence-corrected chi connectivity index (χ1v) is 10.6. The number of rotatable bonds is 9. The molecule has 0 aromatic carbocycles. The SMILES string of the molecule is CC(C)C.CCOC(=O)/C(C)=C/[C@H](C(C)C)N(C)C(=O)CNC(=O)C(C)(C)CC. The molecular weight excluding hydrogens is 368 g/mol. The largest absolute Gasteiger partial charge is 0.463 e. The van der Waals surface area contributed by atoms with Gasteiger partial charge < -0.3 is 15.0 Å². The number of ether oxygens (including phenoxy) is 1. The zero-order valence-corrected chi connectivity index (χ0v) is 20.5. The maximum absolute atomic E-state index is 12.5. The molecule has 0 saturated carbocycles. The molecule has 0 radical (unpaired) electrons. The van der Waals surface area contributed by atoms with Crippen LogP contribution in [0.4, 0.5) is 0 Å². The van der Waals surface area contributed by atoms with Gasteiger partial charge in [0.2, 0.25) is 11.8 Å². The molecule has 0 aliphatic heterocycles. The molecule has 29 heavy (non-hydrogen) atoms. The molecule has 6 nitrogen and oxygen atoms in total. The highest BCUT2D eigenvalue weighted by atomic mass is 16.5. The van der Waals surface area contributed by atoms with Crippen LogP contribution in [0.15, 0.2) is 11.6 Å². The second kappa shape index (κ2) is 14.2. The third-order valence-electron chi connectivity index (χ3n) is 4.44.